The number of carbonyl (C=O) groups excluding carboxylic acids is 1. The molecule has 1 aromatic carbocycles. The summed E-state index contributed by atoms with van der Waals surface area (Å²) in [7, 11) is -1.92. The number of aryl methyl sites for hydroxylation is 2. The second kappa shape index (κ2) is 8.10. The molecule has 9 heteroatoms. The summed E-state index contributed by atoms with van der Waals surface area (Å²) >= 11 is 0. The predicted molar refractivity (Wildman–Crippen MR) is 99.8 cm³/mol. The van der Waals surface area contributed by atoms with Crippen LogP contribution < -0.4 is 4.74 Å². The molecule has 2 heterocycles. The zero-order chi connectivity index (χ0) is 19.4. The molecule has 0 aliphatic carbocycles. The van der Waals surface area contributed by atoms with Gasteiger partial charge in [-0.25, -0.2) is 8.42 Å². The molecule has 0 spiro atoms. The fourth-order valence-electron chi connectivity index (χ4n) is 3.01. The van der Waals surface area contributed by atoms with Gasteiger partial charge in [-0.15, -0.1) is 0 Å². The summed E-state index contributed by atoms with van der Waals surface area (Å²) in [6.07, 6.45) is 3.41. The highest BCUT2D eigenvalue weighted by atomic mass is 32.2. The number of sulfonamides is 1. The first-order valence-electron chi connectivity index (χ1n) is 8.83. The molecule has 0 bridgehead atoms. The minimum Gasteiger partial charge on any atom is -0.484 e. The van der Waals surface area contributed by atoms with Crippen molar-refractivity contribution in [3.8, 4) is 5.75 Å². The number of carbonyl (C=O) groups is 1. The first-order chi connectivity index (χ1) is 12.9. The van der Waals surface area contributed by atoms with E-state index >= 15 is 0 Å². The van der Waals surface area contributed by atoms with Gasteiger partial charge in [0.2, 0.25) is 10.0 Å². The van der Waals surface area contributed by atoms with Gasteiger partial charge in [0.1, 0.15) is 10.6 Å². The van der Waals surface area contributed by atoms with Crippen LogP contribution in [0.25, 0.3) is 0 Å². The largest absolute Gasteiger partial charge is 0.484 e. The van der Waals surface area contributed by atoms with E-state index in [4.69, 9.17) is 4.74 Å². The van der Waals surface area contributed by atoms with Gasteiger partial charge in [0.25, 0.3) is 5.91 Å². The zero-order valence-corrected chi connectivity index (χ0v) is 16.4. The average molecular weight is 392 g/mol. The molecule has 2 aromatic rings. The molecule has 27 heavy (non-hydrogen) atoms. The molecule has 1 aliphatic heterocycles. The molecule has 146 valence electrons. The minimum absolute atomic E-state index is 0.0553. The van der Waals surface area contributed by atoms with Crippen LogP contribution in [-0.4, -0.2) is 66.1 Å². The Bertz CT molecular complexity index is 910. The summed E-state index contributed by atoms with van der Waals surface area (Å²) in [6.45, 7) is 3.35. The van der Waals surface area contributed by atoms with Crippen molar-refractivity contribution in [2.75, 3.05) is 32.8 Å². The monoisotopic (exact) mass is 392 g/mol. The van der Waals surface area contributed by atoms with Crippen molar-refractivity contribution in [3.05, 3.63) is 42.2 Å². The molecule has 0 unspecified atom stereocenters. The van der Waals surface area contributed by atoms with Gasteiger partial charge >= 0.3 is 0 Å². The van der Waals surface area contributed by atoms with Crippen molar-refractivity contribution in [2.45, 2.75) is 18.2 Å². The van der Waals surface area contributed by atoms with Crippen LogP contribution in [0.1, 0.15) is 12.0 Å². The van der Waals surface area contributed by atoms with Gasteiger partial charge in [-0.3, -0.25) is 9.48 Å². The lowest BCUT2D eigenvalue weighted by Crippen LogP contribution is -2.39. The van der Waals surface area contributed by atoms with Gasteiger partial charge in [0.05, 0.1) is 6.20 Å². The Hall–Kier alpha value is -2.39. The maximum atomic E-state index is 12.7. The Morgan fingerprint density at radius 3 is 2.67 bits per heavy atom. The number of nitrogens with zero attached hydrogens (tertiary/aromatic N) is 4. The molecular formula is C18H24N4O4S. The lowest BCUT2D eigenvalue weighted by Gasteiger charge is -2.22. The van der Waals surface area contributed by atoms with E-state index in [-0.39, 0.29) is 24.0 Å². The number of aromatic nitrogens is 2. The van der Waals surface area contributed by atoms with Gasteiger partial charge in [-0.1, -0.05) is 18.2 Å². The quantitative estimate of drug-likeness (QED) is 0.759. The van der Waals surface area contributed by atoms with E-state index in [9.17, 15) is 13.2 Å². The number of ether oxygens (including phenoxy) is 1. The first kappa shape index (κ1) is 19.4. The second-order valence-corrected chi connectivity index (χ2v) is 8.48. The molecular weight excluding hydrogens is 368 g/mol. The maximum absolute atomic E-state index is 12.7. The highest BCUT2D eigenvalue weighted by Gasteiger charge is 2.29. The average Bonchev–Trinajstić information content (AvgIpc) is 2.93. The molecule has 0 saturated carbocycles. The van der Waals surface area contributed by atoms with Gasteiger partial charge < -0.3 is 9.64 Å². The third-order valence-electron chi connectivity index (χ3n) is 4.57. The summed E-state index contributed by atoms with van der Waals surface area (Å²) in [6, 6.07) is 7.52. The van der Waals surface area contributed by atoms with E-state index < -0.39 is 10.0 Å². The van der Waals surface area contributed by atoms with Crippen LogP contribution in [0.2, 0.25) is 0 Å². The predicted octanol–water partition coefficient (Wildman–Crippen LogP) is 1.03. The van der Waals surface area contributed by atoms with Crippen molar-refractivity contribution in [1.29, 1.82) is 0 Å². The maximum Gasteiger partial charge on any atom is 0.260 e. The molecule has 8 nitrogen and oxygen atoms in total. The molecule has 3 rings (SSSR count). The third-order valence-corrected chi connectivity index (χ3v) is 6.42. The number of benzene rings is 1. The second-order valence-electron chi connectivity index (χ2n) is 6.54. The molecule has 0 radical (unpaired) electrons. The van der Waals surface area contributed by atoms with E-state index in [1.54, 1.807) is 11.9 Å². The van der Waals surface area contributed by atoms with Crippen LogP contribution in [0, 0.1) is 6.92 Å². The van der Waals surface area contributed by atoms with Crippen LogP contribution in [-0.2, 0) is 21.9 Å². The molecule has 0 atom stereocenters. The van der Waals surface area contributed by atoms with Gasteiger partial charge in [0, 0.05) is 39.4 Å². The van der Waals surface area contributed by atoms with Crippen LogP contribution in [0.3, 0.4) is 0 Å². The third kappa shape index (κ3) is 4.48. The van der Waals surface area contributed by atoms with Crippen LogP contribution >= 0.6 is 0 Å². The van der Waals surface area contributed by atoms with Crippen molar-refractivity contribution >= 4 is 15.9 Å². The van der Waals surface area contributed by atoms with Crippen LogP contribution in [0.5, 0.6) is 5.75 Å². The van der Waals surface area contributed by atoms with Gasteiger partial charge in [0.15, 0.2) is 6.61 Å². The topological polar surface area (TPSA) is 84.7 Å². The Morgan fingerprint density at radius 1 is 1.19 bits per heavy atom. The number of para-hydroxylation sites is 1. The lowest BCUT2D eigenvalue weighted by molar-refractivity contribution is -0.133. The Labute approximate surface area is 159 Å². The van der Waals surface area contributed by atoms with Gasteiger partial charge in [-0.2, -0.15) is 9.40 Å². The molecule has 1 fully saturated rings. The van der Waals surface area contributed by atoms with E-state index in [1.807, 2.05) is 31.2 Å². The molecule has 1 aromatic heterocycles. The zero-order valence-electron chi connectivity index (χ0n) is 15.5. The van der Waals surface area contributed by atoms with E-state index in [2.05, 4.69) is 5.10 Å². The minimum atomic E-state index is -3.59. The number of hydrogen-bond acceptors (Lipinski definition) is 5. The van der Waals surface area contributed by atoms with Crippen molar-refractivity contribution < 1.29 is 17.9 Å². The van der Waals surface area contributed by atoms with E-state index in [0.29, 0.717) is 31.8 Å². The normalized spacial score (nSPS) is 16.1. The highest BCUT2D eigenvalue weighted by molar-refractivity contribution is 7.89. The molecule has 1 aliphatic rings. The molecule has 1 saturated heterocycles. The SMILES string of the molecule is Cc1ccccc1OCC(=O)N1CCCN(S(=O)(=O)c2cnn(C)c2)CC1. The Balaban J connectivity index is 1.59. The summed E-state index contributed by atoms with van der Waals surface area (Å²) in [5.74, 6) is 0.542. The molecule has 1 amide bonds. The fraction of sp³-hybridized carbons (Fsp3) is 0.444. The smallest absolute Gasteiger partial charge is 0.260 e. The van der Waals surface area contributed by atoms with Crippen molar-refractivity contribution in [1.82, 2.24) is 19.0 Å². The van der Waals surface area contributed by atoms with Crippen molar-refractivity contribution in [3.63, 3.8) is 0 Å². The number of amides is 1. The summed E-state index contributed by atoms with van der Waals surface area (Å²) in [4.78, 5) is 14.3. The highest BCUT2D eigenvalue weighted by Crippen LogP contribution is 2.18. The Morgan fingerprint density at radius 2 is 1.96 bits per heavy atom. The Kier molecular flexibility index (Phi) is 5.81. The number of hydrogen-bond donors (Lipinski definition) is 0. The van der Waals surface area contributed by atoms with Crippen molar-refractivity contribution in [2.24, 2.45) is 7.05 Å². The molecule has 0 N–H and O–H groups in total. The summed E-state index contributed by atoms with van der Waals surface area (Å²) in [5.41, 5.74) is 0.968. The van der Waals surface area contributed by atoms with Crippen LogP contribution in [0.15, 0.2) is 41.6 Å². The van der Waals surface area contributed by atoms with Gasteiger partial charge in [-0.05, 0) is 25.0 Å². The lowest BCUT2D eigenvalue weighted by atomic mass is 10.2. The van der Waals surface area contributed by atoms with E-state index in [1.165, 1.54) is 21.4 Å². The number of rotatable bonds is 5. The summed E-state index contributed by atoms with van der Waals surface area (Å²) in [5, 5.41) is 3.93. The fourth-order valence-corrected chi connectivity index (χ4v) is 4.47. The van der Waals surface area contributed by atoms with Crippen LogP contribution in [0.4, 0.5) is 0 Å². The standard InChI is InChI=1S/C18H24N4O4S/c1-15-6-3-4-7-17(15)26-14-18(23)21-8-5-9-22(11-10-21)27(24,25)16-12-19-20(2)13-16/h3-4,6-7,12-13H,5,8-11,14H2,1-2H3. The first-order valence-corrected chi connectivity index (χ1v) is 10.3. The van der Waals surface area contributed by atoms with E-state index in [0.717, 1.165) is 5.56 Å². The summed E-state index contributed by atoms with van der Waals surface area (Å²) < 4.78 is 33.9.